The summed E-state index contributed by atoms with van der Waals surface area (Å²) in [5.74, 6) is 0.906. The highest BCUT2D eigenvalue weighted by Crippen LogP contribution is 2.32. The van der Waals surface area contributed by atoms with E-state index in [1.807, 2.05) is 24.3 Å². The third kappa shape index (κ3) is 1.92. The van der Waals surface area contributed by atoms with Crippen LogP contribution >= 0.6 is 0 Å². The van der Waals surface area contributed by atoms with Crippen molar-refractivity contribution in [2.45, 2.75) is 12.5 Å². The molecule has 2 aromatic rings. The van der Waals surface area contributed by atoms with Gasteiger partial charge in [-0.05, 0) is 28.8 Å². The number of aliphatic hydroxyl groups is 1. The van der Waals surface area contributed by atoms with E-state index in [1.165, 1.54) is 16.7 Å². The molecule has 0 radical (unpaired) electrons. The highest BCUT2D eigenvalue weighted by atomic mass is 16.5. The maximum absolute atomic E-state index is 9.10. The number of hydrogen-bond acceptors (Lipinski definition) is 2. The average molecular weight is 226 g/mol. The fourth-order valence-electron chi connectivity index (χ4n) is 2.23. The fourth-order valence-corrected chi connectivity index (χ4v) is 2.23. The van der Waals surface area contributed by atoms with Gasteiger partial charge < -0.3 is 9.84 Å². The Hall–Kier alpha value is -1.80. The molecule has 1 aliphatic rings. The second-order valence-corrected chi connectivity index (χ2v) is 4.32. The number of fused-ring (bicyclic) bond motifs is 1. The van der Waals surface area contributed by atoms with Gasteiger partial charge in [-0.2, -0.15) is 0 Å². The molecule has 0 aliphatic carbocycles. The fraction of sp³-hybridized carbons (Fsp3) is 0.200. The van der Waals surface area contributed by atoms with Crippen LogP contribution < -0.4 is 4.74 Å². The van der Waals surface area contributed by atoms with Crippen LogP contribution in [0.1, 0.15) is 5.56 Å². The van der Waals surface area contributed by atoms with E-state index in [0.717, 1.165) is 12.2 Å². The van der Waals surface area contributed by atoms with Gasteiger partial charge in [-0.3, -0.25) is 0 Å². The van der Waals surface area contributed by atoms with E-state index >= 15 is 0 Å². The van der Waals surface area contributed by atoms with Crippen LogP contribution in [0, 0.1) is 0 Å². The molecule has 0 unspecified atom stereocenters. The van der Waals surface area contributed by atoms with Crippen molar-refractivity contribution in [3.63, 3.8) is 0 Å². The minimum Gasteiger partial charge on any atom is -0.487 e. The van der Waals surface area contributed by atoms with Crippen molar-refractivity contribution in [3.05, 3.63) is 54.1 Å². The van der Waals surface area contributed by atoms with Gasteiger partial charge in [0.1, 0.15) is 11.9 Å². The van der Waals surface area contributed by atoms with Crippen LogP contribution in [0.2, 0.25) is 0 Å². The van der Waals surface area contributed by atoms with Crippen molar-refractivity contribution in [1.82, 2.24) is 0 Å². The minimum atomic E-state index is -0.0731. The van der Waals surface area contributed by atoms with Gasteiger partial charge in [-0.25, -0.2) is 0 Å². The Bertz CT molecular complexity index is 520. The Morgan fingerprint density at radius 2 is 1.88 bits per heavy atom. The molecule has 0 saturated heterocycles. The van der Waals surface area contributed by atoms with Crippen LogP contribution in [0.4, 0.5) is 0 Å². The molecule has 0 bridgehead atoms. The first kappa shape index (κ1) is 10.4. The van der Waals surface area contributed by atoms with Crippen molar-refractivity contribution >= 4 is 0 Å². The molecule has 1 aliphatic heterocycles. The van der Waals surface area contributed by atoms with E-state index in [1.54, 1.807) is 0 Å². The van der Waals surface area contributed by atoms with E-state index in [4.69, 9.17) is 9.84 Å². The SMILES string of the molecule is OC[C@@H]1Cc2cc(-c3ccccc3)ccc2O1. The molecule has 0 aromatic heterocycles. The number of rotatable bonds is 2. The van der Waals surface area contributed by atoms with Crippen LogP contribution in [-0.4, -0.2) is 17.8 Å². The lowest BCUT2D eigenvalue weighted by molar-refractivity contribution is 0.134. The molecule has 1 N–H and O–H groups in total. The molecule has 3 rings (SSSR count). The van der Waals surface area contributed by atoms with Crippen molar-refractivity contribution in [2.24, 2.45) is 0 Å². The molecule has 2 nitrogen and oxygen atoms in total. The summed E-state index contributed by atoms with van der Waals surface area (Å²) in [6, 6.07) is 16.5. The van der Waals surface area contributed by atoms with Gasteiger partial charge >= 0.3 is 0 Å². The van der Waals surface area contributed by atoms with Crippen LogP contribution in [0.5, 0.6) is 5.75 Å². The topological polar surface area (TPSA) is 29.5 Å². The molecule has 1 atom stereocenters. The van der Waals surface area contributed by atoms with E-state index in [2.05, 4.69) is 24.3 Å². The Kier molecular flexibility index (Phi) is 2.57. The molecule has 2 heteroatoms. The Labute approximate surface area is 100 Å². The molecule has 0 spiro atoms. The zero-order chi connectivity index (χ0) is 11.7. The number of benzene rings is 2. The van der Waals surface area contributed by atoms with Gasteiger partial charge in [0.15, 0.2) is 0 Å². The Morgan fingerprint density at radius 3 is 2.65 bits per heavy atom. The van der Waals surface area contributed by atoms with Crippen molar-refractivity contribution in [2.75, 3.05) is 6.61 Å². The third-order valence-electron chi connectivity index (χ3n) is 3.11. The standard InChI is InChI=1S/C15H14O2/c16-10-14-9-13-8-12(6-7-15(13)17-14)11-4-2-1-3-5-11/h1-8,14,16H,9-10H2/t14-/m0/s1. The van der Waals surface area contributed by atoms with Crippen molar-refractivity contribution < 1.29 is 9.84 Å². The maximum atomic E-state index is 9.10. The van der Waals surface area contributed by atoms with E-state index < -0.39 is 0 Å². The lowest BCUT2D eigenvalue weighted by atomic mass is 10.0. The van der Waals surface area contributed by atoms with E-state index in [9.17, 15) is 0 Å². The third-order valence-corrected chi connectivity index (χ3v) is 3.11. The van der Waals surface area contributed by atoms with Gasteiger partial charge in [-0.1, -0.05) is 36.4 Å². The molecule has 86 valence electrons. The second-order valence-electron chi connectivity index (χ2n) is 4.32. The number of aliphatic hydroxyl groups excluding tert-OH is 1. The Balaban J connectivity index is 1.96. The van der Waals surface area contributed by atoms with Gasteiger partial charge in [-0.15, -0.1) is 0 Å². The van der Waals surface area contributed by atoms with Gasteiger partial charge in [0, 0.05) is 6.42 Å². The van der Waals surface area contributed by atoms with Crippen molar-refractivity contribution in [1.29, 1.82) is 0 Å². The molecule has 1 heterocycles. The molecule has 0 saturated carbocycles. The van der Waals surface area contributed by atoms with Gasteiger partial charge in [0.05, 0.1) is 6.61 Å². The summed E-state index contributed by atoms with van der Waals surface area (Å²) < 4.78 is 5.60. The second kappa shape index (κ2) is 4.22. The average Bonchev–Trinajstić information content (AvgIpc) is 2.81. The summed E-state index contributed by atoms with van der Waals surface area (Å²) in [6.07, 6.45) is 0.725. The first-order valence-electron chi connectivity index (χ1n) is 5.82. The van der Waals surface area contributed by atoms with Crippen LogP contribution in [0.15, 0.2) is 48.5 Å². The summed E-state index contributed by atoms with van der Waals surface area (Å²) in [7, 11) is 0. The van der Waals surface area contributed by atoms with E-state index in [-0.39, 0.29) is 12.7 Å². The predicted molar refractivity (Wildman–Crippen MR) is 67.1 cm³/mol. The highest BCUT2D eigenvalue weighted by molar-refractivity contribution is 5.66. The largest absolute Gasteiger partial charge is 0.487 e. The molecule has 17 heavy (non-hydrogen) atoms. The zero-order valence-corrected chi connectivity index (χ0v) is 9.47. The zero-order valence-electron chi connectivity index (χ0n) is 9.47. The van der Waals surface area contributed by atoms with Crippen molar-refractivity contribution in [3.8, 4) is 16.9 Å². The predicted octanol–water partition coefficient (Wildman–Crippen LogP) is 2.65. The monoisotopic (exact) mass is 226 g/mol. The van der Waals surface area contributed by atoms with Crippen LogP contribution in [0.3, 0.4) is 0 Å². The van der Waals surface area contributed by atoms with Crippen LogP contribution in [-0.2, 0) is 6.42 Å². The van der Waals surface area contributed by atoms with Gasteiger partial charge in [0.25, 0.3) is 0 Å². The molecular weight excluding hydrogens is 212 g/mol. The number of hydrogen-bond donors (Lipinski definition) is 1. The summed E-state index contributed by atoms with van der Waals surface area (Å²) in [5.41, 5.74) is 3.60. The molecule has 0 amide bonds. The smallest absolute Gasteiger partial charge is 0.126 e. The summed E-state index contributed by atoms with van der Waals surface area (Å²) >= 11 is 0. The first-order chi connectivity index (χ1) is 8.36. The minimum absolute atomic E-state index is 0.0731. The lowest BCUT2D eigenvalue weighted by Crippen LogP contribution is -2.17. The molecule has 2 aromatic carbocycles. The number of ether oxygens (including phenoxy) is 1. The normalized spacial score (nSPS) is 17.6. The summed E-state index contributed by atoms with van der Waals surface area (Å²) in [5, 5.41) is 9.10. The van der Waals surface area contributed by atoms with Crippen LogP contribution in [0.25, 0.3) is 11.1 Å². The Morgan fingerprint density at radius 1 is 1.06 bits per heavy atom. The maximum Gasteiger partial charge on any atom is 0.126 e. The van der Waals surface area contributed by atoms with E-state index in [0.29, 0.717) is 0 Å². The first-order valence-corrected chi connectivity index (χ1v) is 5.82. The summed E-state index contributed by atoms with van der Waals surface area (Å²) in [4.78, 5) is 0. The highest BCUT2D eigenvalue weighted by Gasteiger charge is 2.22. The quantitative estimate of drug-likeness (QED) is 0.853. The van der Waals surface area contributed by atoms with Gasteiger partial charge in [0.2, 0.25) is 0 Å². The molecular formula is C15H14O2. The lowest BCUT2D eigenvalue weighted by Gasteiger charge is -2.05. The molecule has 0 fully saturated rings. The summed E-state index contributed by atoms with van der Waals surface area (Å²) in [6.45, 7) is 0.0787.